The Bertz CT molecular complexity index is 1220. The second-order valence-corrected chi connectivity index (χ2v) is 11.1. The minimum Gasteiger partial charge on any atom is -0.341 e. The Labute approximate surface area is 207 Å². The number of amides is 1. The number of halogens is 1. The molecule has 1 aliphatic rings. The Hall–Kier alpha value is -2.83. The first kappa shape index (κ1) is 24.3. The molecule has 0 radical (unpaired) electrons. The molecule has 1 heterocycles. The molecule has 1 aliphatic heterocycles. The van der Waals surface area contributed by atoms with Crippen molar-refractivity contribution in [2.75, 3.05) is 23.9 Å². The van der Waals surface area contributed by atoms with Gasteiger partial charge in [0.1, 0.15) is 6.54 Å². The van der Waals surface area contributed by atoms with Gasteiger partial charge in [0.2, 0.25) is 5.91 Å². The lowest BCUT2D eigenvalue weighted by atomic mass is 9.90. The van der Waals surface area contributed by atoms with Gasteiger partial charge in [-0.05, 0) is 79.6 Å². The molecule has 0 N–H and O–H groups in total. The fraction of sp³-hybridized carbons (Fsp3) is 0.296. The van der Waals surface area contributed by atoms with Crippen molar-refractivity contribution in [3.8, 4) is 0 Å². The molecule has 1 fully saturated rings. The summed E-state index contributed by atoms with van der Waals surface area (Å²) < 4.78 is 28.3. The molecule has 1 saturated heterocycles. The SMILES string of the molecule is Cc1cccc(N(CC(=O)N2CCC(Cc3ccccc3)CC2)S(=O)(=O)c2ccc(Cl)cc2)c1. The standard InChI is InChI=1S/C27H29ClN2O3S/c1-21-6-5-9-25(18-21)30(34(32,33)26-12-10-24(28)11-13-26)20-27(31)29-16-14-23(15-17-29)19-22-7-3-2-4-8-22/h2-13,18,23H,14-17,19-20H2,1H3. The molecule has 7 heteroatoms. The van der Waals surface area contributed by atoms with Crippen molar-refractivity contribution >= 4 is 33.2 Å². The number of hydrogen-bond donors (Lipinski definition) is 0. The molecule has 1 amide bonds. The summed E-state index contributed by atoms with van der Waals surface area (Å²) >= 11 is 5.96. The molecule has 0 saturated carbocycles. The van der Waals surface area contributed by atoms with Crippen LogP contribution in [0.25, 0.3) is 0 Å². The number of rotatable bonds is 7. The minimum absolute atomic E-state index is 0.104. The Kier molecular flexibility index (Phi) is 7.59. The first-order valence-corrected chi connectivity index (χ1v) is 13.3. The van der Waals surface area contributed by atoms with Gasteiger partial charge in [-0.15, -0.1) is 0 Å². The average Bonchev–Trinajstić information content (AvgIpc) is 2.83. The lowest BCUT2D eigenvalue weighted by molar-refractivity contribution is -0.130. The summed E-state index contributed by atoms with van der Waals surface area (Å²) in [5.74, 6) is 0.342. The lowest BCUT2D eigenvalue weighted by Crippen LogP contribution is -2.46. The van der Waals surface area contributed by atoms with E-state index < -0.39 is 10.0 Å². The summed E-state index contributed by atoms with van der Waals surface area (Å²) in [5.41, 5.74) is 2.71. The third-order valence-corrected chi connectivity index (χ3v) is 8.34. The quantitative estimate of drug-likeness (QED) is 0.444. The van der Waals surface area contributed by atoms with Crippen molar-refractivity contribution in [3.63, 3.8) is 0 Å². The van der Waals surface area contributed by atoms with Crippen LogP contribution in [0, 0.1) is 12.8 Å². The van der Waals surface area contributed by atoms with E-state index in [-0.39, 0.29) is 17.3 Å². The van der Waals surface area contributed by atoms with Gasteiger partial charge < -0.3 is 4.90 Å². The highest BCUT2D eigenvalue weighted by Gasteiger charge is 2.30. The third-order valence-electron chi connectivity index (χ3n) is 6.30. The molecule has 34 heavy (non-hydrogen) atoms. The maximum Gasteiger partial charge on any atom is 0.264 e. The zero-order chi connectivity index (χ0) is 24.1. The van der Waals surface area contributed by atoms with Gasteiger partial charge in [-0.3, -0.25) is 9.10 Å². The first-order chi connectivity index (χ1) is 16.3. The van der Waals surface area contributed by atoms with Crippen LogP contribution in [-0.4, -0.2) is 38.9 Å². The minimum atomic E-state index is -3.95. The van der Waals surface area contributed by atoms with Gasteiger partial charge in [0, 0.05) is 18.1 Å². The van der Waals surface area contributed by atoms with Crippen LogP contribution < -0.4 is 4.31 Å². The summed E-state index contributed by atoms with van der Waals surface area (Å²) in [7, 11) is -3.95. The second kappa shape index (κ2) is 10.6. The van der Waals surface area contributed by atoms with E-state index in [4.69, 9.17) is 11.6 Å². The summed E-state index contributed by atoms with van der Waals surface area (Å²) in [6, 6.07) is 23.6. The highest BCUT2D eigenvalue weighted by molar-refractivity contribution is 7.92. The molecule has 5 nitrogen and oxygen atoms in total. The Morgan fingerprint density at radius 2 is 1.65 bits per heavy atom. The molecule has 0 aliphatic carbocycles. The number of hydrogen-bond acceptors (Lipinski definition) is 3. The molecule has 0 unspecified atom stereocenters. The zero-order valence-corrected chi connectivity index (χ0v) is 20.8. The number of piperidine rings is 1. The fourth-order valence-electron chi connectivity index (χ4n) is 4.39. The van der Waals surface area contributed by atoms with Crippen molar-refractivity contribution in [3.05, 3.63) is 95.0 Å². The normalized spacial score (nSPS) is 14.7. The molecular formula is C27H29ClN2O3S. The molecular weight excluding hydrogens is 468 g/mol. The maximum atomic E-state index is 13.5. The lowest BCUT2D eigenvalue weighted by Gasteiger charge is -2.34. The van der Waals surface area contributed by atoms with Gasteiger partial charge in [0.05, 0.1) is 10.6 Å². The van der Waals surface area contributed by atoms with Gasteiger partial charge >= 0.3 is 0 Å². The smallest absolute Gasteiger partial charge is 0.264 e. The third kappa shape index (κ3) is 5.80. The van der Waals surface area contributed by atoms with Crippen LogP contribution in [0.3, 0.4) is 0 Å². The predicted octanol–water partition coefficient (Wildman–Crippen LogP) is 5.33. The predicted molar refractivity (Wildman–Crippen MR) is 137 cm³/mol. The van der Waals surface area contributed by atoms with Gasteiger partial charge in [-0.2, -0.15) is 0 Å². The van der Waals surface area contributed by atoms with Crippen molar-refractivity contribution in [2.24, 2.45) is 5.92 Å². The van der Waals surface area contributed by atoms with Gasteiger partial charge in [-0.1, -0.05) is 54.1 Å². The van der Waals surface area contributed by atoms with Crippen LogP contribution in [0.4, 0.5) is 5.69 Å². The molecule has 3 aromatic carbocycles. The average molecular weight is 497 g/mol. The van der Waals surface area contributed by atoms with E-state index in [2.05, 4.69) is 24.3 Å². The van der Waals surface area contributed by atoms with Crippen LogP contribution in [0.2, 0.25) is 5.02 Å². The summed E-state index contributed by atoms with van der Waals surface area (Å²) in [4.78, 5) is 15.2. The number of likely N-dealkylation sites (tertiary alicyclic amines) is 1. The monoisotopic (exact) mass is 496 g/mol. The largest absolute Gasteiger partial charge is 0.341 e. The first-order valence-electron chi connectivity index (χ1n) is 11.5. The van der Waals surface area contributed by atoms with E-state index in [1.165, 1.54) is 22.0 Å². The van der Waals surface area contributed by atoms with Crippen molar-refractivity contribution in [1.82, 2.24) is 4.90 Å². The zero-order valence-electron chi connectivity index (χ0n) is 19.2. The van der Waals surface area contributed by atoms with Crippen LogP contribution in [-0.2, 0) is 21.2 Å². The van der Waals surface area contributed by atoms with Crippen LogP contribution in [0.5, 0.6) is 0 Å². The maximum absolute atomic E-state index is 13.5. The Morgan fingerprint density at radius 3 is 2.29 bits per heavy atom. The molecule has 3 aromatic rings. The van der Waals surface area contributed by atoms with E-state index in [0.717, 1.165) is 24.8 Å². The number of benzene rings is 3. The van der Waals surface area contributed by atoms with Crippen molar-refractivity contribution < 1.29 is 13.2 Å². The van der Waals surface area contributed by atoms with Crippen LogP contribution in [0.15, 0.2) is 83.8 Å². The Balaban J connectivity index is 1.49. The van der Waals surface area contributed by atoms with Gasteiger partial charge in [-0.25, -0.2) is 8.42 Å². The molecule has 4 rings (SSSR count). The molecule has 0 aromatic heterocycles. The van der Waals surface area contributed by atoms with Gasteiger partial charge in [0.25, 0.3) is 10.0 Å². The summed E-state index contributed by atoms with van der Waals surface area (Å²) in [5, 5.41) is 0.454. The fourth-order valence-corrected chi connectivity index (χ4v) is 5.92. The van der Waals surface area contributed by atoms with E-state index in [0.29, 0.717) is 29.7 Å². The number of aryl methyl sites for hydroxylation is 1. The molecule has 0 bridgehead atoms. The van der Waals surface area contributed by atoms with Gasteiger partial charge in [0.15, 0.2) is 0 Å². The highest BCUT2D eigenvalue weighted by atomic mass is 35.5. The Morgan fingerprint density at radius 1 is 0.971 bits per heavy atom. The summed E-state index contributed by atoms with van der Waals surface area (Å²) in [6.45, 7) is 2.94. The highest BCUT2D eigenvalue weighted by Crippen LogP contribution is 2.27. The second-order valence-electron chi connectivity index (χ2n) is 8.82. The van der Waals surface area contributed by atoms with E-state index >= 15 is 0 Å². The summed E-state index contributed by atoms with van der Waals surface area (Å²) in [6.07, 6.45) is 2.83. The van der Waals surface area contributed by atoms with Crippen molar-refractivity contribution in [2.45, 2.75) is 31.1 Å². The van der Waals surface area contributed by atoms with E-state index in [1.807, 2.05) is 19.1 Å². The van der Waals surface area contributed by atoms with Crippen LogP contribution >= 0.6 is 11.6 Å². The number of carbonyl (C=O) groups excluding carboxylic acids is 1. The van der Waals surface area contributed by atoms with E-state index in [9.17, 15) is 13.2 Å². The number of nitrogens with zero attached hydrogens (tertiary/aromatic N) is 2. The molecule has 0 spiro atoms. The van der Waals surface area contributed by atoms with Crippen LogP contribution in [0.1, 0.15) is 24.0 Å². The topological polar surface area (TPSA) is 57.7 Å². The number of sulfonamides is 1. The molecule has 0 atom stereocenters. The number of carbonyl (C=O) groups is 1. The molecule has 178 valence electrons. The van der Waals surface area contributed by atoms with E-state index in [1.54, 1.807) is 35.2 Å². The number of anilines is 1. The van der Waals surface area contributed by atoms with Crippen molar-refractivity contribution in [1.29, 1.82) is 0 Å².